The fourth-order valence-corrected chi connectivity index (χ4v) is 3.72. The van der Waals surface area contributed by atoms with Crippen molar-refractivity contribution in [3.63, 3.8) is 0 Å². The highest BCUT2D eigenvalue weighted by atomic mass is 32.2. The lowest BCUT2D eigenvalue weighted by Gasteiger charge is -2.08. The molecule has 1 aliphatic carbocycles. The van der Waals surface area contributed by atoms with Gasteiger partial charge in [0.05, 0.1) is 29.4 Å². The molecular formula is C17H22N4O2S. The molecule has 0 atom stereocenters. The summed E-state index contributed by atoms with van der Waals surface area (Å²) in [4.78, 5) is 24.5. The van der Waals surface area contributed by atoms with Crippen molar-refractivity contribution in [2.45, 2.75) is 44.7 Å². The van der Waals surface area contributed by atoms with Crippen molar-refractivity contribution in [1.29, 1.82) is 0 Å². The maximum absolute atomic E-state index is 12.5. The van der Waals surface area contributed by atoms with Crippen molar-refractivity contribution in [3.05, 3.63) is 28.7 Å². The Morgan fingerprint density at radius 3 is 2.62 bits per heavy atom. The fourth-order valence-electron chi connectivity index (χ4n) is 2.96. The summed E-state index contributed by atoms with van der Waals surface area (Å²) in [5, 5.41) is 9.98. The normalized spacial score (nSPS) is 14.2. The second-order valence-electron chi connectivity index (χ2n) is 6.37. The predicted molar refractivity (Wildman–Crippen MR) is 92.5 cm³/mol. The van der Waals surface area contributed by atoms with Gasteiger partial charge in [-0.05, 0) is 39.0 Å². The average molecular weight is 346 g/mol. The molecule has 1 saturated carbocycles. The van der Waals surface area contributed by atoms with E-state index >= 15 is 0 Å². The van der Waals surface area contributed by atoms with Crippen LogP contribution in [0.3, 0.4) is 0 Å². The number of Topliss-reactive ketones (excluding diaryl/α,β-unsaturated/α-hetero) is 2. The molecule has 1 fully saturated rings. The van der Waals surface area contributed by atoms with Gasteiger partial charge < -0.3 is 0 Å². The third-order valence-electron chi connectivity index (χ3n) is 4.35. The van der Waals surface area contributed by atoms with Gasteiger partial charge in [0.25, 0.3) is 0 Å². The van der Waals surface area contributed by atoms with Crippen molar-refractivity contribution in [1.82, 2.24) is 19.6 Å². The first kappa shape index (κ1) is 17.0. The zero-order valence-electron chi connectivity index (χ0n) is 14.5. The van der Waals surface area contributed by atoms with E-state index in [2.05, 4.69) is 10.2 Å². The van der Waals surface area contributed by atoms with Crippen molar-refractivity contribution < 1.29 is 9.59 Å². The first-order valence-electron chi connectivity index (χ1n) is 8.07. The van der Waals surface area contributed by atoms with E-state index in [1.807, 2.05) is 31.8 Å². The molecule has 2 aromatic heterocycles. The van der Waals surface area contributed by atoms with E-state index in [4.69, 9.17) is 0 Å². The van der Waals surface area contributed by atoms with Gasteiger partial charge in [0, 0.05) is 18.5 Å². The molecule has 0 amide bonds. The largest absolute Gasteiger partial charge is 0.299 e. The van der Waals surface area contributed by atoms with E-state index in [0.29, 0.717) is 12.2 Å². The van der Waals surface area contributed by atoms with Crippen molar-refractivity contribution >= 4 is 23.3 Å². The van der Waals surface area contributed by atoms with Gasteiger partial charge in [0.15, 0.2) is 5.78 Å². The lowest BCUT2D eigenvalue weighted by molar-refractivity contribution is -0.119. The molecule has 0 N–H and O–H groups in total. The van der Waals surface area contributed by atoms with Crippen LogP contribution in [0.1, 0.15) is 46.7 Å². The quantitative estimate of drug-likeness (QED) is 0.438. The standard InChI is InChI=1S/C17H22N4O2S/c1-10-7-14(16(23)8-15(22)12-5-6-12)21(18-10)9-13-11(2)19-20(3)17(13)24-4/h7,12H,5-6,8-9H2,1-4H3. The van der Waals surface area contributed by atoms with Crippen molar-refractivity contribution in [3.8, 4) is 0 Å². The van der Waals surface area contributed by atoms with Crippen LogP contribution in [0.25, 0.3) is 0 Å². The fraction of sp³-hybridized carbons (Fsp3) is 0.529. The van der Waals surface area contributed by atoms with E-state index in [-0.39, 0.29) is 23.9 Å². The second kappa shape index (κ2) is 6.55. The van der Waals surface area contributed by atoms with Gasteiger partial charge in [-0.3, -0.25) is 19.0 Å². The Morgan fingerprint density at radius 2 is 2.00 bits per heavy atom. The van der Waals surface area contributed by atoms with Crippen LogP contribution in [0.4, 0.5) is 0 Å². The number of aromatic nitrogens is 4. The number of carbonyl (C=O) groups is 2. The molecule has 24 heavy (non-hydrogen) atoms. The van der Waals surface area contributed by atoms with Crippen molar-refractivity contribution in [2.24, 2.45) is 13.0 Å². The number of aryl methyl sites for hydroxylation is 3. The summed E-state index contributed by atoms with van der Waals surface area (Å²) in [5.41, 5.74) is 3.29. The molecule has 0 saturated heterocycles. The van der Waals surface area contributed by atoms with Gasteiger partial charge in [-0.1, -0.05) is 0 Å². The van der Waals surface area contributed by atoms with Crippen LogP contribution in [0.15, 0.2) is 11.1 Å². The van der Waals surface area contributed by atoms with E-state index in [9.17, 15) is 9.59 Å². The van der Waals surface area contributed by atoms with Gasteiger partial charge in [0.1, 0.15) is 11.5 Å². The van der Waals surface area contributed by atoms with Crippen LogP contribution in [-0.2, 0) is 18.4 Å². The number of carbonyl (C=O) groups excluding carboxylic acids is 2. The number of thioether (sulfide) groups is 1. The molecule has 0 aliphatic heterocycles. The molecule has 0 aromatic carbocycles. The van der Waals surface area contributed by atoms with Crippen LogP contribution in [-0.4, -0.2) is 37.4 Å². The summed E-state index contributed by atoms with van der Waals surface area (Å²) < 4.78 is 3.56. The molecule has 2 aromatic rings. The minimum atomic E-state index is -0.139. The third-order valence-corrected chi connectivity index (χ3v) is 5.24. The summed E-state index contributed by atoms with van der Waals surface area (Å²) in [6.45, 7) is 4.31. The molecule has 3 rings (SSSR count). The van der Waals surface area contributed by atoms with Gasteiger partial charge >= 0.3 is 0 Å². The monoisotopic (exact) mass is 346 g/mol. The molecule has 0 radical (unpaired) electrons. The molecule has 7 heteroatoms. The lowest BCUT2D eigenvalue weighted by atomic mass is 10.1. The Bertz CT molecular complexity index is 802. The highest BCUT2D eigenvalue weighted by Gasteiger charge is 2.31. The van der Waals surface area contributed by atoms with E-state index in [1.54, 1.807) is 22.5 Å². The molecule has 2 heterocycles. The first-order valence-corrected chi connectivity index (χ1v) is 9.30. The van der Waals surface area contributed by atoms with Gasteiger partial charge in [-0.15, -0.1) is 11.8 Å². The van der Waals surface area contributed by atoms with E-state index in [0.717, 1.165) is 34.8 Å². The van der Waals surface area contributed by atoms with Gasteiger partial charge in [-0.25, -0.2) is 0 Å². The number of rotatable bonds is 7. The molecule has 128 valence electrons. The van der Waals surface area contributed by atoms with Crippen LogP contribution < -0.4 is 0 Å². The number of hydrogen-bond acceptors (Lipinski definition) is 5. The molecule has 1 aliphatic rings. The topological polar surface area (TPSA) is 69.8 Å². The smallest absolute Gasteiger partial charge is 0.188 e. The number of hydrogen-bond donors (Lipinski definition) is 0. The second-order valence-corrected chi connectivity index (χ2v) is 7.16. The summed E-state index contributed by atoms with van der Waals surface area (Å²) in [5.74, 6) is 0.0302. The Labute approximate surface area is 145 Å². The van der Waals surface area contributed by atoms with Crippen molar-refractivity contribution in [2.75, 3.05) is 6.26 Å². The summed E-state index contributed by atoms with van der Waals surface area (Å²) in [7, 11) is 1.91. The molecule has 0 bridgehead atoms. The highest BCUT2D eigenvalue weighted by Crippen LogP contribution is 2.31. The zero-order chi connectivity index (χ0) is 17.4. The van der Waals surface area contributed by atoms with Gasteiger partial charge in [0.2, 0.25) is 0 Å². The molecule has 0 spiro atoms. The minimum absolute atomic E-state index is 0.0167. The minimum Gasteiger partial charge on any atom is -0.299 e. The van der Waals surface area contributed by atoms with E-state index < -0.39 is 0 Å². The molecule has 0 unspecified atom stereocenters. The van der Waals surface area contributed by atoms with Crippen LogP contribution in [0.5, 0.6) is 0 Å². The Hall–Kier alpha value is -1.89. The van der Waals surface area contributed by atoms with Gasteiger partial charge in [-0.2, -0.15) is 10.2 Å². The molecule has 6 nitrogen and oxygen atoms in total. The van der Waals surface area contributed by atoms with E-state index in [1.165, 1.54) is 0 Å². The SMILES string of the molecule is CSc1c(Cn2nc(C)cc2C(=O)CC(=O)C2CC2)c(C)nn1C. The lowest BCUT2D eigenvalue weighted by Crippen LogP contribution is -2.16. The third kappa shape index (κ3) is 3.31. The maximum Gasteiger partial charge on any atom is 0.188 e. The predicted octanol–water partition coefficient (Wildman–Crippen LogP) is 2.56. The summed E-state index contributed by atoms with van der Waals surface area (Å²) in [6, 6.07) is 1.77. The van der Waals surface area contributed by atoms with Crippen LogP contribution in [0, 0.1) is 19.8 Å². The number of nitrogens with zero attached hydrogens (tertiary/aromatic N) is 4. The highest BCUT2D eigenvalue weighted by molar-refractivity contribution is 7.98. The molecular weight excluding hydrogens is 324 g/mol. The Kier molecular flexibility index (Phi) is 4.62. The zero-order valence-corrected chi connectivity index (χ0v) is 15.3. The number of ketones is 2. The summed E-state index contributed by atoms with van der Waals surface area (Å²) in [6.07, 6.45) is 3.85. The maximum atomic E-state index is 12.5. The van der Waals surface area contributed by atoms with Crippen LogP contribution in [0.2, 0.25) is 0 Å². The average Bonchev–Trinajstić information content (AvgIpc) is 3.25. The van der Waals surface area contributed by atoms with Crippen LogP contribution >= 0.6 is 11.8 Å². The Morgan fingerprint density at radius 1 is 1.29 bits per heavy atom. The Balaban J connectivity index is 1.86. The summed E-state index contributed by atoms with van der Waals surface area (Å²) >= 11 is 1.63. The first-order chi connectivity index (χ1) is 11.4.